The number of rotatable bonds is 2. The third-order valence-corrected chi connectivity index (χ3v) is 5.48. The Kier molecular flexibility index (Phi) is 3.39. The Balaban J connectivity index is 2.08. The van der Waals surface area contributed by atoms with Crippen LogP contribution in [-0.4, -0.2) is 0 Å². The lowest BCUT2D eigenvalue weighted by molar-refractivity contribution is 0.447. The maximum absolute atomic E-state index is 6.18. The van der Waals surface area contributed by atoms with Crippen LogP contribution in [0.3, 0.4) is 0 Å². The maximum atomic E-state index is 6.18. The number of hydrogen-bond acceptors (Lipinski definition) is 1. The van der Waals surface area contributed by atoms with Crippen LogP contribution >= 0.6 is 22.9 Å². The molecule has 1 aromatic heterocycles. The Morgan fingerprint density at radius 1 is 1.12 bits per heavy atom. The fourth-order valence-corrected chi connectivity index (χ4v) is 4.71. The highest BCUT2D eigenvalue weighted by Gasteiger charge is 2.21. The van der Waals surface area contributed by atoms with Crippen LogP contribution < -0.4 is 0 Å². The van der Waals surface area contributed by atoms with Gasteiger partial charge in [-0.1, -0.05) is 37.5 Å². The molecule has 1 saturated carbocycles. The van der Waals surface area contributed by atoms with Crippen molar-refractivity contribution in [2.24, 2.45) is 0 Å². The zero-order chi connectivity index (χ0) is 11.7. The topological polar surface area (TPSA) is 0 Å². The predicted octanol–water partition coefficient (Wildman–Crippen LogP) is 5.69. The minimum atomic E-state index is 0.663. The number of fused-ring (bicyclic) bond motifs is 1. The van der Waals surface area contributed by atoms with Gasteiger partial charge in [-0.2, -0.15) is 0 Å². The molecule has 3 rings (SSSR count). The summed E-state index contributed by atoms with van der Waals surface area (Å²) in [7, 11) is 0. The third-order valence-electron chi connectivity index (χ3n) is 3.84. The molecule has 1 aromatic carbocycles. The second kappa shape index (κ2) is 4.99. The quantitative estimate of drug-likeness (QED) is 0.612. The molecule has 0 bridgehead atoms. The molecule has 0 unspecified atom stereocenters. The highest BCUT2D eigenvalue weighted by atomic mass is 35.5. The van der Waals surface area contributed by atoms with E-state index >= 15 is 0 Å². The van der Waals surface area contributed by atoms with Crippen molar-refractivity contribution in [2.75, 3.05) is 0 Å². The molecule has 0 spiro atoms. The number of hydrogen-bond donors (Lipinski definition) is 0. The standard InChI is InChI=1S/C15H17ClS/c16-10-13-12-8-4-5-9-14(12)17-15(13)11-6-2-1-3-7-11/h4-5,8-9,11H,1-3,6-7,10H2. The molecule has 2 heteroatoms. The molecule has 90 valence electrons. The number of alkyl halides is 1. The van der Waals surface area contributed by atoms with E-state index < -0.39 is 0 Å². The SMILES string of the molecule is ClCc1c(C2CCCCC2)sc2ccccc12. The minimum Gasteiger partial charge on any atom is -0.140 e. The Bertz CT molecular complexity index is 509. The van der Waals surface area contributed by atoms with E-state index in [1.165, 1.54) is 47.8 Å². The molecule has 1 aliphatic carbocycles. The van der Waals surface area contributed by atoms with Crippen LogP contribution in [0, 0.1) is 0 Å². The van der Waals surface area contributed by atoms with Crippen LogP contribution in [0.15, 0.2) is 24.3 Å². The van der Waals surface area contributed by atoms with Gasteiger partial charge in [-0.25, -0.2) is 0 Å². The van der Waals surface area contributed by atoms with Gasteiger partial charge in [0.1, 0.15) is 0 Å². The molecular formula is C15H17ClS. The monoisotopic (exact) mass is 264 g/mol. The number of benzene rings is 1. The fourth-order valence-electron chi connectivity index (χ4n) is 2.95. The van der Waals surface area contributed by atoms with Crippen LogP contribution in [0.1, 0.15) is 48.5 Å². The predicted molar refractivity (Wildman–Crippen MR) is 77.2 cm³/mol. The average molecular weight is 265 g/mol. The van der Waals surface area contributed by atoms with E-state index in [0.717, 1.165) is 5.92 Å². The lowest BCUT2D eigenvalue weighted by Crippen LogP contribution is -2.04. The van der Waals surface area contributed by atoms with Gasteiger partial charge in [0.15, 0.2) is 0 Å². The van der Waals surface area contributed by atoms with Crippen molar-refractivity contribution in [3.63, 3.8) is 0 Å². The normalized spacial score (nSPS) is 17.7. The number of halogens is 1. The number of thiophene rings is 1. The molecule has 2 aromatic rings. The molecule has 0 amide bonds. The molecule has 0 radical (unpaired) electrons. The van der Waals surface area contributed by atoms with Gasteiger partial charge < -0.3 is 0 Å². The first kappa shape index (κ1) is 11.6. The minimum absolute atomic E-state index is 0.663. The first-order valence-corrected chi connectivity index (χ1v) is 7.81. The molecular weight excluding hydrogens is 248 g/mol. The van der Waals surface area contributed by atoms with Crippen molar-refractivity contribution in [2.45, 2.75) is 43.9 Å². The van der Waals surface area contributed by atoms with Crippen LogP contribution in [0.5, 0.6) is 0 Å². The summed E-state index contributed by atoms with van der Waals surface area (Å²) in [4.78, 5) is 1.57. The summed E-state index contributed by atoms with van der Waals surface area (Å²) in [6.07, 6.45) is 6.91. The van der Waals surface area contributed by atoms with E-state index in [1.807, 2.05) is 11.3 Å². The van der Waals surface area contributed by atoms with Gasteiger partial charge in [-0.05, 0) is 35.8 Å². The van der Waals surface area contributed by atoms with Gasteiger partial charge in [-0.3, -0.25) is 0 Å². The highest BCUT2D eigenvalue weighted by molar-refractivity contribution is 7.19. The summed E-state index contributed by atoms with van der Waals surface area (Å²) in [6.45, 7) is 0. The molecule has 0 atom stereocenters. The van der Waals surface area contributed by atoms with Gasteiger partial charge in [0, 0.05) is 15.5 Å². The fraction of sp³-hybridized carbons (Fsp3) is 0.467. The molecule has 1 aliphatic rings. The Morgan fingerprint density at radius 2 is 1.88 bits per heavy atom. The van der Waals surface area contributed by atoms with Crippen molar-refractivity contribution in [3.05, 3.63) is 34.7 Å². The van der Waals surface area contributed by atoms with E-state index in [1.54, 1.807) is 4.88 Å². The summed E-state index contributed by atoms with van der Waals surface area (Å²) >= 11 is 8.15. The zero-order valence-corrected chi connectivity index (χ0v) is 11.5. The van der Waals surface area contributed by atoms with Crippen molar-refractivity contribution in [1.82, 2.24) is 0 Å². The van der Waals surface area contributed by atoms with E-state index in [2.05, 4.69) is 24.3 Å². The van der Waals surface area contributed by atoms with Gasteiger partial charge in [-0.15, -0.1) is 22.9 Å². The van der Waals surface area contributed by atoms with Crippen molar-refractivity contribution >= 4 is 33.0 Å². The summed E-state index contributed by atoms with van der Waals surface area (Å²) in [5, 5.41) is 1.38. The molecule has 17 heavy (non-hydrogen) atoms. The van der Waals surface area contributed by atoms with Crippen molar-refractivity contribution in [1.29, 1.82) is 0 Å². The van der Waals surface area contributed by atoms with E-state index in [4.69, 9.17) is 11.6 Å². The second-order valence-corrected chi connectivity index (χ2v) is 6.26. The van der Waals surface area contributed by atoms with E-state index in [9.17, 15) is 0 Å². The largest absolute Gasteiger partial charge is 0.140 e. The lowest BCUT2D eigenvalue weighted by atomic mass is 9.86. The first-order valence-electron chi connectivity index (χ1n) is 6.46. The Hall–Kier alpha value is -0.530. The van der Waals surface area contributed by atoms with Gasteiger partial charge in [0.25, 0.3) is 0 Å². The summed E-state index contributed by atoms with van der Waals surface area (Å²) in [6, 6.07) is 8.69. The second-order valence-electron chi connectivity index (χ2n) is 4.91. The van der Waals surface area contributed by atoms with E-state index in [-0.39, 0.29) is 0 Å². The molecule has 1 fully saturated rings. The Morgan fingerprint density at radius 3 is 2.65 bits per heavy atom. The molecule has 0 N–H and O–H groups in total. The molecule has 0 aliphatic heterocycles. The first-order chi connectivity index (χ1) is 8.40. The van der Waals surface area contributed by atoms with Gasteiger partial charge in [0.2, 0.25) is 0 Å². The maximum Gasteiger partial charge on any atom is 0.0491 e. The summed E-state index contributed by atoms with van der Waals surface area (Å²) in [5.41, 5.74) is 1.40. The summed E-state index contributed by atoms with van der Waals surface area (Å²) in [5.74, 6) is 1.44. The van der Waals surface area contributed by atoms with Gasteiger partial charge in [0.05, 0.1) is 0 Å². The van der Waals surface area contributed by atoms with Crippen LogP contribution in [0.4, 0.5) is 0 Å². The summed E-state index contributed by atoms with van der Waals surface area (Å²) < 4.78 is 1.41. The average Bonchev–Trinajstić information content (AvgIpc) is 2.78. The third kappa shape index (κ3) is 2.11. The van der Waals surface area contributed by atoms with Crippen molar-refractivity contribution in [3.8, 4) is 0 Å². The van der Waals surface area contributed by atoms with Crippen LogP contribution in [0.25, 0.3) is 10.1 Å². The van der Waals surface area contributed by atoms with Crippen molar-refractivity contribution < 1.29 is 0 Å². The van der Waals surface area contributed by atoms with Crippen LogP contribution in [0.2, 0.25) is 0 Å². The smallest absolute Gasteiger partial charge is 0.0491 e. The zero-order valence-electron chi connectivity index (χ0n) is 9.92. The van der Waals surface area contributed by atoms with E-state index in [0.29, 0.717) is 5.88 Å². The highest BCUT2D eigenvalue weighted by Crippen LogP contribution is 2.42. The molecule has 0 saturated heterocycles. The van der Waals surface area contributed by atoms with Gasteiger partial charge >= 0.3 is 0 Å². The van der Waals surface area contributed by atoms with Crippen LogP contribution in [-0.2, 0) is 5.88 Å². The molecule has 1 heterocycles. The Labute approximate surface area is 112 Å². The lowest BCUT2D eigenvalue weighted by Gasteiger charge is -2.21. The molecule has 0 nitrogen and oxygen atoms in total.